The molecule has 0 unspecified atom stereocenters. The SMILES string of the molecule is C=CC/C=C\C=C\CCc1ccccc1. The third-order valence-corrected chi connectivity index (χ3v) is 2.13. The molecule has 0 N–H and O–H groups in total. The van der Waals surface area contributed by atoms with Gasteiger partial charge in [0.15, 0.2) is 0 Å². The molecule has 1 aromatic rings. The highest BCUT2D eigenvalue weighted by molar-refractivity contribution is 5.15. The van der Waals surface area contributed by atoms with Crippen LogP contribution in [0.1, 0.15) is 18.4 Å². The lowest BCUT2D eigenvalue weighted by atomic mass is 10.1. The van der Waals surface area contributed by atoms with E-state index in [-0.39, 0.29) is 0 Å². The third-order valence-electron chi connectivity index (χ3n) is 2.13. The Morgan fingerprint density at radius 1 is 1.00 bits per heavy atom. The molecule has 0 aliphatic carbocycles. The molecule has 15 heavy (non-hydrogen) atoms. The second-order valence-corrected chi connectivity index (χ2v) is 3.40. The van der Waals surface area contributed by atoms with Gasteiger partial charge in [0.2, 0.25) is 0 Å². The molecule has 0 spiro atoms. The van der Waals surface area contributed by atoms with Crippen molar-refractivity contribution in [2.45, 2.75) is 19.3 Å². The van der Waals surface area contributed by atoms with Crippen molar-refractivity contribution in [3.8, 4) is 0 Å². The normalized spacial score (nSPS) is 11.2. The monoisotopic (exact) mass is 198 g/mol. The molecule has 1 rings (SSSR count). The molecule has 0 radical (unpaired) electrons. The van der Waals surface area contributed by atoms with E-state index in [1.165, 1.54) is 5.56 Å². The molecule has 0 heterocycles. The highest BCUT2D eigenvalue weighted by atomic mass is 13.9. The third kappa shape index (κ3) is 5.69. The van der Waals surface area contributed by atoms with Gasteiger partial charge in [-0.25, -0.2) is 0 Å². The van der Waals surface area contributed by atoms with E-state index in [0.29, 0.717) is 0 Å². The molecule has 0 atom stereocenters. The molecule has 78 valence electrons. The summed E-state index contributed by atoms with van der Waals surface area (Å²) in [6.07, 6.45) is 13.5. The average Bonchev–Trinajstić information content (AvgIpc) is 2.29. The zero-order chi connectivity index (χ0) is 10.8. The van der Waals surface area contributed by atoms with Crippen molar-refractivity contribution in [3.63, 3.8) is 0 Å². The van der Waals surface area contributed by atoms with Gasteiger partial charge in [-0.3, -0.25) is 0 Å². The van der Waals surface area contributed by atoms with Crippen molar-refractivity contribution in [2.24, 2.45) is 0 Å². The second kappa shape index (κ2) is 7.81. The Hall–Kier alpha value is -1.56. The van der Waals surface area contributed by atoms with Gasteiger partial charge in [0.25, 0.3) is 0 Å². The van der Waals surface area contributed by atoms with Gasteiger partial charge in [0, 0.05) is 0 Å². The number of hydrogen-bond donors (Lipinski definition) is 0. The Morgan fingerprint density at radius 3 is 2.47 bits per heavy atom. The van der Waals surface area contributed by atoms with Crippen LogP contribution in [0.3, 0.4) is 0 Å². The first-order valence-electron chi connectivity index (χ1n) is 5.40. The van der Waals surface area contributed by atoms with Crippen molar-refractivity contribution >= 4 is 0 Å². The summed E-state index contributed by atoms with van der Waals surface area (Å²) in [5, 5.41) is 0. The molecule has 0 amide bonds. The Morgan fingerprint density at radius 2 is 1.73 bits per heavy atom. The number of hydrogen-bond acceptors (Lipinski definition) is 0. The molecule has 0 bridgehead atoms. The van der Waals surface area contributed by atoms with Crippen molar-refractivity contribution in [1.29, 1.82) is 0 Å². The highest BCUT2D eigenvalue weighted by Gasteiger charge is 1.86. The quantitative estimate of drug-likeness (QED) is 0.472. The summed E-state index contributed by atoms with van der Waals surface area (Å²) in [5.41, 5.74) is 1.40. The van der Waals surface area contributed by atoms with Crippen LogP contribution in [0.4, 0.5) is 0 Å². The predicted molar refractivity (Wildman–Crippen MR) is 67.9 cm³/mol. The Labute approximate surface area is 92.6 Å². The van der Waals surface area contributed by atoms with Gasteiger partial charge in [-0.15, -0.1) is 6.58 Å². The van der Waals surface area contributed by atoms with Gasteiger partial charge in [-0.05, 0) is 24.8 Å². The summed E-state index contributed by atoms with van der Waals surface area (Å²) in [7, 11) is 0. The van der Waals surface area contributed by atoms with E-state index < -0.39 is 0 Å². The summed E-state index contributed by atoms with van der Waals surface area (Å²) in [6, 6.07) is 10.6. The van der Waals surface area contributed by atoms with Crippen LogP contribution >= 0.6 is 0 Å². The number of aryl methyl sites for hydroxylation is 1. The smallest absolute Gasteiger partial charge is 0.0169 e. The van der Waals surface area contributed by atoms with Crippen LogP contribution in [-0.4, -0.2) is 0 Å². The topological polar surface area (TPSA) is 0 Å². The fourth-order valence-electron chi connectivity index (χ4n) is 1.32. The molecule has 0 fully saturated rings. The van der Waals surface area contributed by atoms with Crippen LogP contribution in [0.5, 0.6) is 0 Å². The molecule has 0 nitrogen and oxygen atoms in total. The minimum Gasteiger partial charge on any atom is -0.103 e. The van der Waals surface area contributed by atoms with Crippen LogP contribution < -0.4 is 0 Å². The van der Waals surface area contributed by atoms with E-state index in [4.69, 9.17) is 0 Å². The fourth-order valence-corrected chi connectivity index (χ4v) is 1.32. The summed E-state index contributed by atoms with van der Waals surface area (Å²) in [6.45, 7) is 3.66. The molecule has 0 aliphatic rings. The number of allylic oxidation sites excluding steroid dienone is 5. The lowest BCUT2D eigenvalue weighted by Gasteiger charge is -1.95. The summed E-state index contributed by atoms with van der Waals surface area (Å²) < 4.78 is 0. The number of rotatable bonds is 6. The van der Waals surface area contributed by atoms with Crippen molar-refractivity contribution < 1.29 is 0 Å². The minimum absolute atomic E-state index is 0.947. The maximum Gasteiger partial charge on any atom is -0.0169 e. The maximum absolute atomic E-state index is 3.66. The first-order chi connectivity index (χ1) is 7.43. The van der Waals surface area contributed by atoms with E-state index in [2.05, 4.69) is 61.2 Å². The lowest BCUT2D eigenvalue weighted by molar-refractivity contribution is 1.00. The fraction of sp³-hybridized carbons (Fsp3) is 0.200. The predicted octanol–water partition coefficient (Wildman–Crippen LogP) is 4.31. The van der Waals surface area contributed by atoms with E-state index in [0.717, 1.165) is 19.3 Å². The molecule has 1 aromatic carbocycles. The minimum atomic E-state index is 0.947. The van der Waals surface area contributed by atoms with Crippen LogP contribution in [0.2, 0.25) is 0 Å². The second-order valence-electron chi connectivity index (χ2n) is 3.40. The number of benzene rings is 1. The van der Waals surface area contributed by atoms with Gasteiger partial charge in [-0.2, -0.15) is 0 Å². The molecular weight excluding hydrogens is 180 g/mol. The average molecular weight is 198 g/mol. The summed E-state index contributed by atoms with van der Waals surface area (Å²) >= 11 is 0. The van der Waals surface area contributed by atoms with E-state index >= 15 is 0 Å². The first-order valence-corrected chi connectivity index (χ1v) is 5.40. The zero-order valence-corrected chi connectivity index (χ0v) is 9.10. The largest absolute Gasteiger partial charge is 0.103 e. The van der Waals surface area contributed by atoms with Crippen LogP contribution in [-0.2, 0) is 6.42 Å². The molecule has 0 saturated heterocycles. The van der Waals surface area contributed by atoms with Gasteiger partial charge in [-0.1, -0.05) is 60.7 Å². The van der Waals surface area contributed by atoms with E-state index in [1.54, 1.807) is 0 Å². The van der Waals surface area contributed by atoms with Crippen molar-refractivity contribution in [2.75, 3.05) is 0 Å². The summed E-state index contributed by atoms with van der Waals surface area (Å²) in [5.74, 6) is 0. The van der Waals surface area contributed by atoms with Crippen LogP contribution in [0.25, 0.3) is 0 Å². The van der Waals surface area contributed by atoms with Gasteiger partial charge in [0.05, 0.1) is 0 Å². The van der Waals surface area contributed by atoms with Gasteiger partial charge < -0.3 is 0 Å². The van der Waals surface area contributed by atoms with Gasteiger partial charge in [0.1, 0.15) is 0 Å². The van der Waals surface area contributed by atoms with E-state index in [9.17, 15) is 0 Å². The van der Waals surface area contributed by atoms with Crippen LogP contribution in [0, 0.1) is 0 Å². The Kier molecular flexibility index (Phi) is 5.99. The van der Waals surface area contributed by atoms with Gasteiger partial charge >= 0.3 is 0 Å². The Balaban J connectivity index is 2.19. The molecule has 0 aliphatic heterocycles. The lowest BCUT2D eigenvalue weighted by Crippen LogP contribution is -1.80. The summed E-state index contributed by atoms with van der Waals surface area (Å²) in [4.78, 5) is 0. The highest BCUT2D eigenvalue weighted by Crippen LogP contribution is 2.02. The molecular formula is C15H18. The zero-order valence-electron chi connectivity index (χ0n) is 9.10. The van der Waals surface area contributed by atoms with Crippen molar-refractivity contribution in [1.82, 2.24) is 0 Å². The molecule has 0 aromatic heterocycles. The van der Waals surface area contributed by atoms with E-state index in [1.807, 2.05) is 6.08 Å². The molecule has 0 heteroatoms. The Bertz CT molecular complexity index is 317. The first kappa shape index (κ1) is 11.5. The maximum atomic E-state index is 3.66. The van der Waals surface area contributed by atoms with Crippen LogP contribution in [0.15, 0.2) is 67.3 Å². The molecule has 0 saturated carbocycles. The standard InChI is InChI=1S/C15H18/c1-2-3-4-5-6-7-9-12-15-13-10-8-11-14-15/h2,4-8,10-11,13-14H,1,3,9,12H2/b5-4-,7-6+. The van der Waals surface area contributed by atoms with Crippen molar-refractivity contribution in [3.05, 3.63) is 72.9 Å².